The molecule has 1 N–H and O–H groups in total. The Kier molecular flexibility index (Phi) is 10.4. The normalized spacial score (nSPS) is 12.1. The van der Waals surface area contributed by atoms with E-state index in [1.165, 1.54) is 4.90 Å². The summed E-state index contributed by atoms with van der Waals surface area (Å²) in [5.41, 5.74) is 3.55. The van der Waals surface area contributed by atoms with Gasteiger partial charge in [-0.15, -0.1) is 0 Å². The van der Waals surface area contributed by atoms with E-state index in [0.29, 0.717) is 27.8 Å². The summed E-state index contributed by atoms with van der Waals surface area (Å²) in [5.74, 6) is -0.934. The van der Waals surface area contributed by atoms with Gasteiger partial charge in [0.15, 0.2) is 0 Å². The van der Waals surface area contributed by atoms with E-state index in [1.54, 1.807) is 37.3 Å². The van der Waals surface area contributed by atoms with Crippen LogP contribution in [0.3, 0.4) is 0 Å². The average molecular weight is 591 g/mol. The largest absolute Gasteiger partial charge is 0.355 e. The maximum atomic E-state index is 14.0. The molecular weight excluding hydrogens is 557 g/mol. The number of nitrogens with zero attached hydrogens (tertiary/aromatic N) is 2. The molecule has 0 aliphatic heterocycles. The molecule has 39 heavy (non-hydrogen) atoms. The lowest BCUT2D eigenvalue weighted by atomic mass is 10.0. The average Bonchev–Trinajstić information content (AvgIpc) is 2.88. The number of hydrogen-bond acceptors (Lipinski definition) is 4. The quantitative estimate of drug-likeness (QED) is 0.335. The summed E-state index contributed by atoms with van der Waals surface area (Å²) < 4.78 is 26.8. The van der Waals surface area contributed by atoms with E-state index in [2.05, 4.69) is 5.32 Å². The van der Waals surface area contributed by atoms with Crippen LogP contribution in [0, 0.1) is 13.8 Å². The molecule has 0 unspecified atom stereocenters. The molecule has 1 atom stereocenters. The fourth-order valence-corrected chi connectivity index (χ4v) is 5.55. The number of rotatable bonds is 11. The predicted octanol–water partition coefficient (Wildman–Crippen LogP) is 5.15. The molecule has 0 spiro atoms. The summed E-state index contributed by atoms with van der Waals surface area (Å²) in [6, 6.07) is 18.6. The molecular formula is C29H33Cl2N3O4S. The van der Waals surface area contributed by atoms with Crippen molar-refractivity contribution in [3.8, 4) is 0 Å². The number of anilines is 1. The topological polar surface area (TPSA) is 86.8 Å². The van der Waals surface area contributed by atoms with Crippen molar-refractivity contribution in [2.24, 2.45) is 0 Å². The monoisotopic (exact) mass is 589 g/mol. The lowest BCUT2D eigenvalue weighted by Gasteiger charge is -2.34. The van der Waals surface area contributed by atoms with Crippen molar-refractivity contribution in [1.82, 2.24) is 10.2 Å². The Bertz CT molecular complexity index is 1410. The van der Waals surface area contributed by atoms with Gasteiger partial charge in [0.25, 0.3) is 0 Å². The Balaban J connectivity index is 2.09. The first-order valence-electron chi connectivity index (χ1n) is 12.5. The van der Waals surface area contributed by atoms with E-state index < -0.39 is 28.5 Å². The zero-order chi connectivity index (χ0) is 28.7. The molecule has 3 aromatic carbocycles. The van der Waals surface area contributed by atoms with Crippen molar-refractivity contribution in [2.75, 3.05) is 23.7 Å². The molecule has 0 aliphatic rings. The third-order valence-corrected chi connectivity index (χ3v) is 8.32. The van der Waals surface area contributed by atoms with Crippen molar-refractivity contribution in [2.45, 2.75) is 39.8 Å². The maximum Gasteiger partial charge on any atom is 0.244 e. The summed E-state index contributed by atoms with van der Waals surface area (Å²) in [7, 11) is -3.85. The molecule has 208 valence electrons. The molecule has 0 bridgehead atoms. The number of halogens is 2. The van der Waals surface area contributed by atoms with Crippen LogP contribution < -0.4 is 9.62 Å². The number of benzene rings is 3. The maximum absolute atomic E-state index is 14.0. The minimum absolute atomic E-state index is 0.0868. The van der Waals surface area contributed by atoms with Gasteiger partial charge in [0.1, 0.15) is 12.6 Å². The number of aryl methyl sites for hydroxylation is 2. The van der Waals surface area contributed by atoms with Crippen molar-refractivity contribution < 1.29 is 18.0 Å². The number of carbonyl (C=O) groups excluding carboxylic acids is 2. The highest BCUT2D eigenvalue weighted by molar-refractivity contribution is 7.92. The van der Waals surface area contributed by atoms with Gasteiger partial charge < -0.3 is 10.2 Å². The van der Waals surface area contributed by atoms with Crippen LogP contribution >= 0.6 is 23.2 Å². The predicted molar refractivity (Wildman–Crippen MR) is 158 cm³/mol. The molecule has 0 radical (unpaired) electrons. The zero-order valence-corrected chi connectivity index (χ0v) is 24.8. The number of sulfonamides is 1. The van der Waals surface area contributed by atoms with Crippen LogP contribution in [-0.2, 0) is 32.6 Å². The van der Waals surface area contributed by atoms with E-state index in [1.807, 2.05) is 50.2 Å². The third-order valence-electron chi connectivity index (χ3n) is 6.47. The smallest absolute Gasteiger partial charge is 0.244 e. The molecule has 0 aliphatic carbocycles. The van der Waals surface area contributed by atoms with Crippen molar-refractivity contribution in [3.63, 3.8) is 0 Å². The van der Waals surface area contributed by atoms with Crippen LogP contribution in [0.25, 0.3) is 0 Å². The van der Waals surface area contributed by atoms with Crippen LogP contribution in [0.1, 0.15) is 29.2 Å². The second-order valence-electron chi connectivity index (χ2n) is 9.36. The van der Waals surface area contributed by atoms with Crippen molar-refractivity contribution in [1.29, 1.82) is 0 Å². The molecule has 3 rings (SSSR count). The van der Waals surface area contributed by atoms with Crippen LogP contribution in [0.5, 0.6) is 0 Å². The van der Waals surface area contributed by atoms with Gasteiger partial charge >= 0.3 is 0 Å². The van der Waals surface area contributed by atoms with Gasteiger partial charge in [0, 0.05) is 35.1 Å². The van der Waals surface area contributed by atoms with Crippen LogP contribution in [-0.4, -0.2) is 50.5 Å². The zero-order valence-electron chi connectivity index (χ0n) is 22.4. The molecule has 3 aromatic rings. The number of likely N-dealkylation sites (N-methyl/N-ethyl adjacent to an activating group) is 1. The SMILES string of the molecule is CCNC(=O)[C@H](Cc1ccccc1)N(Cc1c(Cl)cccc1Cl)C(=O)CN(c1ccc(C)c(C)c1)S(C)(=O)=O. The second-order valence-corrected chi connectivity index (χ2v) is 12.1. The fraction of sp³-hybridized carbons (Fsp3) is 0.310. The Morgan fingerprint density at radius 3 is 2.13 bits per heavy atom. The molecule has 10 heteroatoms. The first-order chi connectivity index (χ1) is 18.4. The molecule has 2 amide bonds. The van der Waals surface area contributed by atoms with E-state index in [4.69, 9.17) is 23.2 Å². The van der Waals surface area contributed by atoms with Gasteiger partial charge in [-0.25, -0.2) is 8.42 Å². The fourth-order valence-electron chi connectivity index (χ4n) is 4.19. The number of carbonyl (C=O) groups is 2. The third kappa shape index (κ3) is 7.97. The number of amides is 2. The lowest BCUT2D eigenvalue weighted by Crippen LogP contribution is -2.53. The van der Waals surface area contributed by atoms with Gasteiger partial charge in [0.2, 0.25) is 21.8 Å². The molecule has 0 saturated heterocycles. The summed E-state index contributed by atoms with van der Waals surface area (Å²) in [4.78, 5) is 28.8. The van der Waals surface area contributed by atoms with Crippen molar-refractivity contribution in [3.05, 3.63) is 99.0 Å². The van der Waals surface area contributed by atoms with Crippen LogP contribution in [0.15, 0.2) is 66.7 Å². The summed E-state index contributed by atoms with van der Waals surface area (Å²) in [6.45, 7) is 5.35. The Labute approximate surface area is 240 Å². The van der Waals surface area contributed by atoms with Gasteiger partial charge in [0.05, 0.1) is 11.9 Å². The minimum Gasteiger partial charge on any atom is -0.355 e. The van der Waals surface area contributed by atoms with Gasteiger partial charge in [-0.2, -0.15) is 0 Å². The van der Waals surface area contributed by atoms with Gasteiger partial charge in [-0.05, 0) is 61.7 Å². The second kappa shape index (κ2) is 13.3. The summed E-state index contributed by atoms with van der Waals surface area (Å²) in [5, 5.41) is 3.49. The van der Waals surface area contributed by atoms with E-state index in [0.717, 1.165) is 27.3 Å². The molecule has 0 aromatic heterocycles. The van der Waals surface area contributed by atoms with Crippen molar-refractivity contribution >= 4 is 50.7 Å². The highest BCUT2D eigenvalue weighted by atomic mass is 35.5. The molecule has 0 heterocycles. The van der Waals surface area contributed by atoms with E-state index >= 15 is 0 Å². The first-order valence-corrected chi connectivity index (χ1v) is 15.1. The minimum atomic E-state index is -3.85. The highest BCUT2D eigenvalue weighted by Crippen LogP contribution is 2.28. The lowest BCUT2D eigenvalue weighted by molar-refractivity contribution is -0.140. The molecule has 0 saturated carbocycles. The first kappa shape index (κ1) is 30.5. The molecule has 0 fully saturated rings. The Morgan fingerprint density at radius 2 is 1.56 bits per heavy atom. The molecule has 7 nitrogen and oxygen atoms in total. The van der Waals surface area contributed by atoms with E-state index in [-0.39, 0.29) is 18.9 Å². The highest BCUT2D eigenvalue weighted by Gasteiger charge is 2.33. The Morgan fingerprint density at radius 1 is 0.923 bits per heavy atom. The van der Waals surface area contributed by atoms with Gasteiger partial charge in [-0.1, -0.05) is 65.7 Å². The standard InChI is InChI=1S/C29H33Cl2N3O4S/c1-5-32-29(36)27(17-22-10-7-6-8-11-22)33(18-24-25(30)12-9-13-26(24)31)28(35)19-34(39(4,37)38)23-15-14-20(2)21(3)16-23/h6-16,27H,5,17-19H2,1-4H3,(H,32,36)/t27-/m0/s1. The van der Waals surface area contributed by atoms with Crippen LogP contribution in [0.4, 0.5) is 5.69 Å². The summed E-state index contributed by atoms with van der Waals surface area (Å²) in [6.07, 6.45) is 1.26. The van der Waals surface area contributed by atoms with Gasteiger partial charge in [-0.3, -0.25) is 13.9 Å². The number of nitrogens with one attached hydrogen (secondary N) is 1. The van der Waals surface area contributed by atoms with Crippen LogP contribution in [0.2, 0.25) is 10.0 Å². The van der Waals surface area contributed by atoms with E-state index in [9.17, 15) is 18.0 Å². The Hall–Kier alpha value is -3.07. The number of hydrogen-bond donors (Lipinski definition) is 1. The summed E-state index contributed by atoms with van der Waals surface area (Å²) >= 11 is 12.9.